The van der Waals surface area contributed by atoms with Crippen molar-refractivity contribution in [3.05, 3.63) is 77.0 Å². The molecule has 33 heavy (non-hydrogen) atoms. The lowest BCUT2D eigenvalue weighted by molar-refractivity contribution is -0.111. The van der Waals surface area contributed by atoms with Gasteiger partial charge >= 0.3 is 0 Å². The van der Waals surface area contributed by atoms with Crippen molar-refractivity contribution in [1.29, 1.82) is 0 Å². The van der Waals surface area contributed by atoms with Crippen LogP contribution in [0.2, 0.25) is 0 Å². The van der Waals surface area contributed by atoms with E-state index in [0.717, 1.165) is 4.88 Å². The van der Waals surface area contributed by atoms with E-state index < -0.39 is 0 Å². The molecular formula is C24H21N5O3S. The van der Waals surface area contributed by atoms with E-state index in [2.05, 4.69) is 15.3 Å². The number of nitrogens with zero attached hydrogens (tertiary/aromatic N) is 4. The number of hydrogen-bond acceptors (Lipinski definition) is 7. The Morgan fingerprint density at radius 2 is 1.79 bits per heavy atom. The largest absolute Gasteiger partial charge is 0.449 e. The van der Waals surface area contributed by atoms with Gasteiger partial charge in [0.1, 0.15) is 11.3 Å². The standard InChI is InChI=1S/C24H21N5O3S/c30-20(9-8-17-5-3-16-33-17)27-21-18-6-1-2-7-19(18)32-22(21)23(31)28-12-14-29(15-13-28)24-25-10-4-11-26-24/h1-11,16H,12-15H2,(H,27,30). The average Bonchev–Trinajstić information content (AvgIpc) is 3.51. The second kappa shape index (κ2) is 9.25. The number of benzene rings is 1. The Hall–Kier alpha value is -3.98. The minimum atomic E-state index is -0.324. The molecule has 1 aliphatic rings. The number of carbonyl (C=O) groups excluding carboxylic acids is 2. The first-order valence-electron chi connectivity index (χ1n) is 10.5. The van der Waals surface area contributed by atoms with E-state index in [0.29, 0.717) is 48.8 Å². The number of fused-ring (bicyclic) bond motifs is 1. The smallest absolute Gasteiger partial charge is 0.291 e. The van der Waals surface area contributed by atoms with Crippen molar-refractivity contribution in [3.63, 3.8) is 0 Å². The number of carbonyl (C=O) groups is 2. The van der Waals surface area contributed by atoms with Crippen molar-refractivity contribution in [2.75, 3.05) is 36.4 Å². The number of para-hydroxylation sites is 1. The van der Waals surface area contributed by atoms with E-state index in [1.165, 1.54) is 6.08 Å². The maximum atomic E-state index is 13.4. The number of hydrogen-bond donors (Lipinski definition) is 1. The molecule has 9 heteroatoms. The highest BCUT2D eigenvalue weighted by Crippen LogP contribution is 2.32. The van der Waals surface area contributed by atoms with Gasteiger partial charge in [0.25, 0.3) is 5.91 Å². The van der Waals surface area contributed by atoms with Crippen LogP contribution in [0.25, 0.3) is 17.0 Å². The molecule has 2 amide bonds. The van der Waals surface area contributed by atoms with E-state index in [9.17, 15) is 9.59 Å². The zero-order chi connectivity index (χ0) is 22.6. The number of nitrogens with one attached hydrogen (secondary N) is 1. The first-order valence-corrected chi connectivity index (χ1v) is 11.4. The van der Waals surface area contributed by atoms with Crippen molar-refractivity contribution in [2.45, 2.75) is 0 Å². The van der Waals surface area contributed by atoms with Crippen LogP contribution in [0.5, 0.6) is 0 Å². The quantitative estimate of drug-likeness (QED) is 0.455. The number of rotatable bonds is 5. The molecule has 4 aromatic rings. The minimum Gasteiger partial charge on any atom is -0.449 e. The summed E-state index contributed by atoms with van der Waals surface area (Å²) in [5, 5.41) is 5.49. The fourth-order valence-corrected chi connectivity index (χ4v) is 4.35. The van der Waals surface area contributed by atoms with Gasteiger partial charge in [0, 0.05) is 54.9 Å². The summed E-state index contributed by atoms with van der Waals surface area (Å²) in [7, 11) is 0. The lowest BCUT2D eigenvalue weighted by Gasteiger charge is -2.34. The van der Waals surface area contributed by atoms with E-state index in [4.69, 9.17) is 4.42 Å². The first kappa shape index (κ1) is 20.9. The number of thiophene rings is 1. The molecule has 4 heterocycles. The monoisotopic (exact) mass is 459 g/mol. The molecule has 1 N–H and O–H groups in total. The van der Waals surface area contributed by atoms with Crippen molar-refractivity contribution in [3.8, 4) is 0 Å². The molecule has 0 unspecified atom stereocenters. The average molecular weight is 460 g/mol. The van der Waals surface area contributed by atoms with Crippen LogP contribution < -0.4 is 10.2 Å². The van der Waals surface area contributed by atoms with Crippen molar-refractivity contribution >= 4 is 51.8 Å². The van der Waals surface area contributed by atoms with Crippen LogP contribution in [0.3, 0.4) is 0 Å². The lowest BCUT2D eigenvalue weighted by atomic mass is 10.2. The molecule has 1 fully saturated rings. The molecule has 166 valence electrons. The van der Waals surface area contributed by atoms with Gasteiger partial charge in [-0.2, -0.15) is 0 Å². The summed E-state index contributed by atoms with van der Waals surface area (Å²) < 4.78 is 5.91. The summed E-state index contributed by atoms with van der Waals surface area (Å²) in [6.45, 7) is 2.22. The van der Waals surface area contributed by atoms with Gasteiger partial charge in [-0.1, -0.05) is 18.2 Å². The molecule has 0 bridgehead atoms. The summed E-state index contributed by atoms with van der Waals surface area (Å²) in [5.74, 6) is 0.213. The topological polar surface area (TPSA) is 91.6 Å². The van der Waals surface area contributed by atoms with Crippen LogP contribution >= 0.6 is 11.3 Å². The molecule has 0 spiro atoms. The Labute approximate surface area is 194 Å². The number of furan rings is 1. The lowest BCUT2D eigenvalue weighted by Crippen LogP contribution is -2.49. The third kappa shape index (κ3) is 4.49. The molecular weight excluding hydrogens is 438 g/mol. The van der Waals surface area contributed by atoms with Crippen molar-refractivity contribution in [2.24, 2.45) is 0 Å². The fourth-order valence-electron chi connectivity index (χ4n) is 3.74. The molecule has 1 aliphatic heterocycles. The molecule has 0 atom stereocenters. The van der Waals surface area contributed by atoms with E-state index >= 15 is 0 Å². The van der Waals surface area contributed by atoms with Crippen LogP contribution in [-0.2, 0) is 4.79 Å². The van der Waals surface area contributed by atoms with Gasteiger partial charge in [-0.15, -0.1) is 11.3 Å². The van der Waals surface area contributed by atoms with Crippen LogP contribution in [0, 0.1) is 0 Å². The molecule has 0 radical (unpaired) electrons. The van der Waals surface area contributed by atoms with Crippen molar-refractivity contribution in [1.82, 2.24) is 14.9 Å². The Morgan fingerprint density at radius 1 is 1.00 bits per heavy atom. The van der Waals surface area contributed by atoms with Crippen LogP contribution in [0.1, 0.15) is 15.4 Å². The van der Waals surface area contributed by atoms with E-state index in [1.54, 1.807) is 46.8 Å². The van der Waals surface area contributed by atoms with Gasteiger partial charge in [0.15, 0.2) is 0 Å². The molecule has 0 saturated carbocycles. The Bertz CT molecular complexity index is 1290. The summed E-state index contributed by atoms with van der Waals surface area (Å²) >= 11 is 1.54. The molecule has 0 aliphatic carbocycles. The molecule has 1 aromatic carbocycles. The first-order chi connectivity index (χ1) is 16.2. The third-order valence-electron chi connectivity index (χ3n) is 5.38. The third-order valence-corrected chi connectivity index (χ3v) is 6.22. The molecule has 3 aromatic heterocycles. The summed E-state index contributed by atoms with van der Waals surface area (Å²) in [6, 6.07) is 12.9. The van der Waals surface area contributed by atoms with E-state index in [1.807, 2.05) is 40.6 Å². The Kier molecular flexibility index (Phi) is 5.86. The summed E-state index contributed by atoms with van der Waals surface area (Å²) in [4.78, 5) is 39.3. The second-order valence-electron chi connectivity index (χ2n) is 7.47. The van der Waals surface area contributed by atoms with Gasteiger partial charge in [-0.3, -0.25) is 9.59 Å². The van der Waals surface area contributed by atoms with Gasteiger partial charge in [-0.25, -0.2) is 9.97 Å². The zero-order valence-corrected chi connectivity index (χ0v) is 18.5. The summed E-state index contributed by atoms with van der Waals surface area (Å²) in [5.41, 5.74) is 0.944. The Balaban J connectivity index is 1.35. The van der Waals surface area contributed by atoms with Gasteiger partial charge < -0.3 is 19.5 Å². The molecule has 8 nitrogen and oxygen atoms in total. The molecule has 1 saturated heterocycles. The zero-order valence-electron chi connectivity index (χ0n) is 17.7. The minimum absolute atomic E-state index is 0.137. The predicted molar refractivity (Wildman–Crippen MR) is 128 cm³/mol. The maximum absolute atomic E-state index is 13.4. The van der Waals surface area contributed by atoms with Gasteiger partial charge in [-0.05, 0) is 35.7 Å². The van der Waals surface area contributed by atoms with E-state index in [-0.39, 0.29) is 17.6 Å². The number of anilines is 2. The van der Waals surface area contributed by atoms with Crippen LogP contribution in [0.4, 0.5) is 11.6 Å². The number of amides is 2. The highest BCUT2D eigenvalue weighted by Gasteiger charge is 2.29. The summed E-state index contributed by atoms with van der Waals surface area (Å²) in [6.07, 6.45) is 6.61. The maximum Gasteiger partial charge on any atom is 0.291 e. The highest BCUT2D eigenvalue weighted by atomic mass is 32.1. The number of aromatic nitrogens is 2. The normalized spacial score (nSPS) is 14.2. The second-order valence-corrected chi connectivity index (χ2v) is 8.45. The highest BCUT2D eigenvalue weighted by molar-refractivity contribution is 7.10. The molecule has 5 rings (SSSR count). The SMILES string of the molecule is O=C(C=Cc1cccs1)Nc1c(C(=O)N2CCN(c3ncccn3)CC2)oc2ccccc12. The van der Waals surface area contributed by atoms with Crippen molar-refractivity contribution < 1.29 is 14.0 Å². The predicted octanol–water partition coefficient (Wildman–Crippen LogP) is 3.90. The fraction of sp³-hybridized carbons (Fsp3) is 0.167. The van der Waals surface area contributed by atoms with Gasteiger partial charge in [0.2, 0.25) is 17.6 Å². The number of piperazine rings is 1. The van der Waals surface area contributed by atoms with Crippen LogP contribution in [-0.4, -0.2) is 52.9 Å². The Morgan fingerprint density at radius 3 is 2.55 bits per heavy atom. The van der Waals surface area contributed by atoms with Crippen LogP contribution in [0.15, 0.2) is 70.7 Å². The van der Waals surface area contributed by atoms with Gasteiger partial charge in [0.05, 0.1) is 0 Å².